The summed E-state index contributed by atoms with van der Waals surface area (Å²) in [5.74, 6) is 11.4. The van der Waals surface area contributed by atoms with Crippen molar-refractivity contribution in [2.45, 2.75) is 203 Å². The number of fused-ring (bicyclic) bond motifs is 10. The third-order valence-electron chi connectivity index (χ3n) is 20.2. The minimum absolute atomic E-state index is 0.00820. The number of hydrogen-bond acceptors (Lipinski definition) is 2. The Bertz CT molecular complexity index is 1340. The van der Waals surface area contributed by atoms with Gasteiger partial charge >= 0.3 is 0 Å². The van der Waals surface area contributed by atoms with Gasteiger partial charge in [0, 0.05) is 0 Å². The SMILES string of the molecule is CC(C)/C=C/[C@@H](C)[C@H]1CC[C@H]2[C@@H]3CC=C4C[C@@H](O)CC[C@]4(C)[C@H]3CC[C@]12C.CC(C)CC[C@@H](C)[C@H]1CC[C@H]2[C@@H]3CCC4C[C@@H](O)CC[C@]4(C)[C@H]3CC[C@]12C. The smallest absolute Gasteiger partial charge is 0.0577 e. The predicted molar refractivity (Wildman–Crippen MR) is 229 cm³/mol. The normalized spacial score (nSPS) is 49.4. The van der Waals surface area contributed by atoms with Crippen LogP contribution in [-0.4, -0.2) is 22.4 Å². The largest absolute Gasteiger partial charge is 0.393 e. The van der Waals surface area contributed by atoms with Gasteiger partial charge in [0.05, 0.1) is 12.2 Å². The van der Waals surface area contributed by atoms with Crippen molar-refractivity contribution in [3.63, 3.8) is 0 Å². The van der Waals surface area contributed by atoms with Crippen LogP contribution in [0, 0.1) is 98.6 Å². The van der Waals surface area contributed by atoms with E-state index in [0.29, 0.717) is 33.5 Å². The molecular weight excluding hydrogens is 657 g/mol. The van der Waals surface area contributed by atoms with Gasteiger partial charge in [0.1, 0.15) is 0 Å². The third-order valence-corrected chi connectivity index (χ3v) is 20.2. The van der Waals surface area contributed by atoms with Crippen LogP contribution in [-0.2, 0) is 0 Å². The maximum Gasteiger partial charge on any atom is 0.0577 e. The summed E-state index contributed by atoms with van der Waals surface area (Å²) < 4.78 is 0. The first kappa shape index (κ1) is 41.6. The Labute approximate surface area is 335 Å². The van der Waals surface area contributed by atoms with Gasteiger partial charge in [-0.15, -0.1) is 0 Å². The van der Waals surface area contributed by atoms with Crippen LogP contribution >= 0.6 is 0 Å². The van der Waals surface area contributed by atoms with Crippen LogP contribution in [0.25, 0.3) is 0 Å². The van der Waals surface area contributed by atoms with Gasteiger partial charge in [0.2, 0.25) is 0 Å². The summed E-state index contributed by atoms with van der Waals surface area (Å²) in [4.78, 5) is 0. The van der Waals surface area contributed by atoms with Gasteiger partial charge in [0.15, 0.2) is 0 Å². The van der Waals surface area contributed by atoms with E-state index in [0.717, 1.165) is 90.8 Å². The summed E-state index contributed by atoms with van der Waals surface area (Å²) in [6.07, 6.45) is 32.7. The molecule has 0 amide bonds. The van der Waals surface area contributed by atoms with E-state index < -0.39 is 0 Å². The fourth-order valence-electron chi connectivity index (χ4n) is 17.1. The lowest BCUT2D eigenvalue weighted by Crippen LogP contribution is -2.54. The van der Waals surface area contributed by atoms with E-state index in [9.17, 15) is 10.2 Å². The average molecular weight is 745 g/mol. The lowest BCUT2D eigenvalue weighted by Gasteiger charge is -2.61. The first-order valence-corrected chi connectivity index (χ1v) is 24.2. The van der Waals surface area contributed by atoms with E-state index in [4.69, 9.17) is 0 Å². The topological polar surface area (TPSA) is 40.5 Å². The second-order valence-corrected chi connectivity index (χ2v) is 23.6. The molecule has 8 aliphatic rings. The molecule has 0 aliphatic heterocycles. The van der Waals surface area contributed by atoms with Crippen molar-refractivity contribution < 1.29 is 10.2 Å². The Kier molecular flexibility index (Phi) is 12.2. The lowest BCUT2D eigenvalue weighted by molar-refractivity contribution is -0.129. The number of aliphatic hydroxyl groups excluding tert-OH is 2. The van der Waals surface area contributed by atoms with Crippen LogP contribution in [0.4, 0.5) is 0 Å². The Balaban J connectivity index is 0.000000167. The Morgan fingerprint density at radius 3 is 1.93 bits per heavy atom. The van der Waals surface area contributed by atoms with Crippen LogP contribution < -0.4 is 0 Å². The second-order valence-electron chi connectivity index (χ2n) is 23.6. The van der Waals surface area contributed by atoms with Crippen molar-refractivity contribution in [3.8, 4) is 0 Å². The summed E-state index contributed by atoms with van der Waals surface area (Å²) in [5.41, 5.74) is 3.68. The van der Waals surface area contributed by atoms with Gasteiger partial charge in [-0.2, -0.15) is 0 Å². The van der Waals surface area contributed by atoms with Crippen LogP contribution in [0.2, 0.25) is 0 Å². The highest BCUT2D eigenvalue weighted by atomic mass is 16.3. The number of aliphatic hydroxyl groups is 2. The minimum atomic E-state index is -0.0841. The Hall–Kier alpha value is -0.600. The first-order valence-electron chi connectivity index (χ1n) is 24.2. The van der Waals surface area contributed by atoms with Gasteiger partial charge in [-0.05, 0) is 208 Å². The number of rotatable bonds is 7. The fraction of sp³-hybridized carbons (Fsp3) is 0.923. The summed E-state index contributed by atoms with van der Waals surface area (Å²) in [6.45, 7) is 24.9. The molecule has 2 heteroatoms. The van der Waals surface area contributed by atoms with Gasteiger partial charge in [0.25, 0.3) is 0 Å². The quantitative estimate of drug-likeness (QED) is 0.255. The van der Waals surface area contributed by atoms with Crippen molar-refractivity contribution in [1.82, 2.24) is 0 Å². The van der Waals surface area contributed by atoms with Gasteiger partial charge in [-0.3, -0.25) is 0 Å². The lowest BCUT2D eigenvalue weighted by atomic mass is 9.44. The highest BCUT2D eigenvalue weighted by molar-refractivity contribution is 5.25. The summed E-state index contributed by atoms with van der Waals surface area (Å²) in [7, 11) is 0. The van der Waals surface area contributed by atoms with Crippen LogP contribution in [0.15, 0.2) is 23.8 Å². The standard InChI is InChI=1S/C26H46O.C26H42O/c2*1-17(2)6-7-18(3)22-10-11-23-21-9-8-19-16-20(27)12-14-25(19,4)24(21)13-15-26(22,23)5/h17-24,27H,6-16H2,1-5H3;6-8,17-18,20-24,27H,9-16H2,1-5H3/b;7-6+/t18-,19?,20+,21+,22-,23+,24+,25+,26-;18-,20+,21+,22-,23+,24+,25+,26-/m11/s1. The highest BCUT2D eigenvalue weighted by Gasteiger charge is 2.61. The molecule has 0 saturated heterocycles. The molecule has 0 aromatic heterocycles. The maximum atomic E-state index is 10.2. The summed E-state index contributed by atoms with van der Waals surface area (Å²) >= 11 is 0. The molecule has 8 rings (SSSR count). The zero-order valence-corrected chi connectivity index (χ0v) is 37.2. The molecule has 54 heavy (non-hydrogen) atoms. The van der Waals surface area contributed by atoms with Gasteiger partial charge in [-0.25, -0.2) is 0 Å². The molecule has 0 heterocycles. The predicted octanol–water partition coefficient (Wildman–Crippen LogP) is 13.9. The zero-order valence-electron chi connectivity index (χ0n) is 37.2. The number of allylic oxidation sites excluding steroid dienone is 3. The van der Waals surface area contributed by atoms with Crippen LogP contribution in [0.3, 0.4) is 0 Å². The van der Waals surface area contributed by atoms with E-state index in [1.165, 1.54) is 96.3 Å². The van der Waals surface area contributed by atoms with E-state index in [2.05, 4.69) is 87.5 Å². The van der Waals surface area contributed by atoms with E-state index >= 15 is 0 Å². The molecule has 2 N–H and O–H groups in total. The Morgan fingerprint density at radius 2 is 1.22 bits per heavy atom. The fourth-order valence-corrected chi connectivity index (χ4v) is 17.1. The van der Waals surface area contributed by atoms with Crippen molar-refractivity contribution in [3.05, 3.63) is 23.8 Å². The molecule has 0 aromatic carbocycles. The van der Waals surface area contributed by atoms with Gasteiger partial charge in [-0.1, -0.05) is 106 Å². The monoisotopic (exact) mass is 745 g/mol. The molecule has 0 aromatic rings. The summed E-state index contributed by atoms with van der Waals surface area (Å²) in [5, 5.41) is 20.4. The van der Waals surface area contributed by atoms with Gasteiger partial charge < -0.3 is 10.2 Å². The molecule has 0 bridgehead atoms. The molecule has 7 saturated carbocycles. The molecule has 308 valence electrons. The average Bonchev–Trinajstić information content (AvgIpc) is 3.67. The zero-order chi connectivity index (χ0) is 38.8. The molecule has 1 unspecified atom stereocenters. The first-order chi connectivity index (χ1) is 25.5. The minimum Gasteiger partial charge on any atom is -0.393 e. The van der Waals surface area contributed by atoms with E-state index in [1.807, 2.05) is 0 Å². The maximum absolute atomic E-state index is 10.2. The molecule has 7 fully saturated rings. The van der Waals surface area contributed by atoms with E-state index in [1.54, 1.807) is 5.57 Å². The third kappa shape index (κ3) is 7.34. The molecule has 2 nitrogen and oxygen atoms in total. The van der Waals surface area contributed by atoms with Crippen molar-refractivity contribution in [1.29, 1.82) is 0 Å². The van der Waals surface area contributed by atoms with Crippen LogP contribution in [0.5, 0.6) is 0 Å². The molecule has 8 aliphatic carbocycles. The molecule has 0 radical (unpaired) electrons. The van der Waals surface area contributed by atoms with Crippen LogP contribution in [0.1, 0.15) is 191 Å². The molecular formula is C52H88O2. The molecule has 17 atom stereocenters. The number of hydrogen-bond donors (Lipinski definition) is 2. The van der Waals surface area contributed by atoms with Crippen molar-refractivity contribution >= 4 is 0 Å². The summed E-state index contributed by atoms with van der Waals surface area (Å²) in [6, 6.07) is 0. The van der Waals surface area contributed by atoms with Crippen molar-refractivity contribution in [2.75, 3.05) is 0 Å². The highest BCUT2D eigenvalue weighted by Crippen LogP contribution is 2.69. The van der Waals surface area contributed by atoms with Crippen molar-refractivity contribution in [2.24, 2.45) is 98.6 Å². The Morgan fingerprint density at radius 1 is 0.611 bits per heavy atom. The van der Waals surface area contributed by atoms with E-state index in [-0.39, 0.29) is 12.2 Å². The molecule has 0 spiro atoms. The second kappa shape index (κ2) is 15.9.